The van der Waals surface area contributed by atoms with Crippen molar-refractivity contribution in [3.8, 4) is 0 Å². The van der Waals surface area contributed by atoms with E-state index in [2.05, 4.69) is 5.32 Å². The van der Waals surface area contributed by atoms with E-state index in [-0.39, 0.29) is 22.6 Å². The molecular formula is C20H18N4O5. The van der Waals surface area contributed by atoms with Crippen LogP contribution in [0.15, 0.2) is 48.5 Å². The van der Waals surface area contributed by atoms with E-state index in [1.54, 1.807) is 36.4 Å². The van der Waals surface area contributed by atoms with Crippen molar-refractivity contribution in [2.24, 2.45) is 0 Å². The average molecular weight is 394 g/mol. The van der Waals surface area contributed by atoms with Crippen molar-refractivity contribution < 1.29 is 14.6 Å². The molecule has 3 aliphatic heterocycles. The number of rotatable bonds is 3. The lowest BCUT2D eigenvalue weighted by Crippen LogP contribution is -2.55. The fourth-order valence-electron chi connectivity index (χ4n) is 5.62. The molecule has 0 aromatic heterocycles. The highest BCUT2D eigenvalue weighted by Crippen LogP contribution is 2.58. The van der Waals surface area contributed by atoms with Gasteiger partial charge in [0.05, 0.1) is 10.8 Å². The Labute approximate surface area is 165 Å². The van der Waals surface area contributed by atoms with Crippen LogP contribution in [0.3, 0.4) is 0 Å². The van der Waals surface area contributed by atoms with Gasteiger partial charge in [0.25, 0.3) is 17.6 Å². The molecule has 1 spiro atoms. The van der Waals surface area contributed by atoms with Gasteiger partial charge >= 0.3 is 0 Å². The normalized spacial score (nSPS) is 30.2. The molecule has 0 aliphatic carbocycles. The topological polar surface area (TPSA) is 119 Å². The highest BCUT2D eigenvalue weighted by molar-refractivity contribution is 6.07. The number of nitro groups is 2. The van der Waals surface area contributed by atoms with Gasteiger partial charge in [-0.15, -0.1) is 0 Å². The quantitative estimate of drug-likeness (QED) is 0.631. The fraction of sp³-hybridized carbons (Fsp3) is 0.350. The summed E-state index contributed by atoms with van der Waals surface area (Å²) in [7, 11) is 0. The Hall–Kier alpha value is -3.33. The second-order valence-electron chi connectivity index (χ2n) is 7.78. The van der Waals surface area contributed by atoms with Crippen LogP contribution in [-0.2, 0) is 10.3 Å². The van der Waals surface area contributed by atoms with Crippen LogP contribution in [-0.4, -0.2) is 39.3 Å². The number of fused-ring (bicyclic) bond motifs is 4. The minimum atomic E-state index is -1.41. The third-order valence-electron chi connectivity index (χ3n) is 6.56. The maximum absolute atomic E-state index is 13.3. The van der Waals surface area contributed by atoms with Crippen LogP contribution in [0, 0.1) is 20.2 Å². The standard InChI is InChI=1S/C20H18N4O5/c25-19-20(14-7-1-2-8-15(14)21-19)18(24(28)29)17(16-9-4-10-22(16)20)12-5-3-6-13(11-12)23(26)27/h1-3,5-8,11,16-18H,4,9-10H2,(H,21,25)/t16-,17+,18+,20-/m0/s1. The van der Waals surface area contributed by atoms with Crippen molar-refractivity contribution in [3.05, 3.63) is 79.9 Å². The number of carbonyl (C=O) groups excluding carboxylic acids is 1. The van der Waals surface area contributed by atoms with Crippen LogP contribution in [0.1, 0.15) is 29.9 Å². The highest BCUT2D eigenvalue weighted by atomic mass is 16.6. The summed E-state index contributed by atoms with van der Waals surface area (Å²) in [5, 5.41) is 26.5. The maximum Gasteiger partial charge on any atom is 0.269 e. The van der Waals surface area contributed by atoms with Crippen molar-refractivity contribution in [2.75, 3.05) is 11.9 Å². The molecular weight excluding hydrogens is 376 g/mol. The Morgan fingerprint density at radius 1 is 1.10 bits per heavy atom. The second kappa shape index (κ2) is 6.08. The number of anilines is 1. The van der Waals surface area contributed by atoms with Gasteiger partial charge in [-0.05, 0) is 24.5 Å². The first-order valence-electron chi connectivity index (χ1n) is 9.52. The average Bonchev–Trinajstić information content (AvgIpc) is 3.35. The van der Waals surface area contributed by atoms with E-state index in [9.17, 15) is 25.0 Å². The molecule has 2 saturated heterocycles. The first kappa shape index (κ1) is 17.7. The summed E-state index contributed by atoms with van der Waals surface area (Å²) in [4.78, 5) is 38.1. The molecule has 4 atom stereocenters. The van der Waals surface area contributed by atoms with Gasteiger partial charge in [0, 0.05) is 40.9 Å². The number of benzene rings is 2. The van der Waals surface area contributed by atoms with Crippen molar-refractivity contribution in [2.45, 2.75) is 36.4 Å². The number of nitro benzene ring substituents is 1. The Morgan fingerprint density at radius 2 is 1.90 bits per heavy atom. The van der Waals surface area contributed by atoms with Crippen LogP contribution < -0.4 is 5.32 Å². The van der Waals surface area contributed by atoms with Gasteiger partial charge in [0.2, 0.25) is 0 Å². The molecule has 2 aromatic rings. The van der Waals surface area contributed by atoms with Crippen LogP contribution in [0.2, 0.25) is 0 Å². The maximum atomic E-state index is 13.3. The van der Waals surface area contributed by atoms with Crippen LogP contribution in [0.4, 0.5) is 11.4 Å². The molecule has 1 N–H and O–H groups in total. The number of hydrogen-bond acceptors (Lipinski definition) is 6. The molecule has 1 amide bonds. The molecule has 2 aromatic carbocycles. The Bertz CT molecular complexity index is 1060. The van der Waals surface area contributed by atoms with E-state index in [0.717, 1.165) is 6.42 Å². The van der Waals surface area contributed by atoms with Crippen LogP contribution in [0.5, 0.6) is 0 Å². The third kappa shape index (κ3) is 2.21. The molecule has 0 unspecified atom stereocenters. The molecule has 9 heteroatoms. The second-order valence-corrected chi connectivity index (χ2v) is 7.78. The van der Waals surface area contributed by atoms with E-state index >= 15 is 0 Å². The number of para-hydroxylation sites is 1. The molecule has 5 rings (SSSR count). The number of nitrogens with one attached hydrogen (secondary N) is 1. The molecule has 29 heavy (non-hydrogen) atoms. The zero-order valence-corrected chi connectivity index (χ0v) is 15.4. The smallest absolute Gasteiger partial charge is 0.269 e. The van der Waals surface area contributed by atoms with Crippen molar-refractivity contribution in [1.82, 2.24) is 4.90 Å². The number of amides is 1. The van der Waals surface area contributed by atoms with Gasteiger partial charge in [-0.2, -0.15) is 0 Å². The Balaban J connectivity index is 1.75. The largest absolute Gasteiger partial charge is 0.324 e. The van der Waals surface area contributed by atoms with E-state index in [1.807, 2.05) is 4.90 Å². The summed E-state index contributed by atoms with van der Waals surface area (Å²) in [6.07, 6.45) is 1.52. The fourth-order valence-corrected chi connectivity index (χ4v) is 5.62. The summed E-state index contributed by atoms with van der Waals surface area (Å²) >= 11 is 0. The molecule has 0 bridgehead atoms. The van der Waals surface area contributed by atoms with Gasteiger partial charge in [-0.3, -0.25) is 29.9 Å². The number of carbonyl (C=O) groups is 1. The molecule has 0 radical (unpaired) electrons. The van der Waals surface area contributed by atoms with E-state index in [0.29, 0.717) is 29.8 Å². The molecule has 3 heterocycles. The minimum absolute atomic E-state index is 0.105. The van der Waals surface area contributed by atoms with Gasteiger partial charge in [0.15, 0.2) is 5.54 Å². The molecule has 3 aliphatic rings. The minimum Gasteiger partial charge on any atom is -0.324 e. The van der Waals surface area contributed by atoms with E-state index in [4.69, 9.17) is 0 Å². The molecule has 2 fully saturated rings. The first-order valence-corrected chi connectivity index (χ1v) is 9.52. The first-order chi connectivity index (χ1) is 14.0. The van der Waals surface area contributed by atoms with Crippen molar-refractivity contribution in [1.29, 1.82) is 0 Å². The molecule has 0 saturated carbocycles. The van der Waals surface area contributed by atoms with Gasteiger partial charge in [-0.1, -0.05) is 30.3 Å². The van der Waals surface area contributed by atoms with Gasteiger partial charge in [-0.25, -0.2) is 0 Å². The van der Waals surface area contributed by atoms with E-state index in [1.165, 1.54) is 12.1 Å². The monoisotopic (exact) mass is 394 g/mol. The highest BCUT2D eigenvalue weighted by Gasteiger charge is 2.73. The third-order valence-corrected chi connectivity index (χ3v) is 6.56. The summed E-state index contributed by atoms with van der Waals surface area (Å²) < 4.78 is 0. The number of nitrogens with zero attached hydrogens (tertiary/aromatic N) is 3. The van der Waals surface area contributed by atoms with Crippen LogP contribution in [0.25, 0.3) is 0 Å². The van der Waals surface area contributed by atoms with Gasteiger partial charge < -0.3 is 5.32 Å². The summed E-state index contributed by atoms with van der Waals surface area (Å²) in [6, 6.07) is 11.7. The van der Waals surface area contributed by atoms with Crippen LogP contribution >= 0.6 is 0 Å². The summed E-state index contributed by atoms with van der Waals surface area (Å²) in [5.41, 5.74) is 0.232. The molecule has 9 nitrogen and oxygen atoms in total. The lowest BCUT2D eigenvalue weighted by molar-refractivity contribution is -0.534. The predicted molar refractivity (Wildman–Crippen MR) is 103 cm³/mol. The SMILES string of the molecule is O=C1Nc2ccccc2[C@]12[C@H]([N+](=O)[O-])[C@H](c1cccc([N+](=O)[O-])c1)[C@@H]1CCCN12. The Kier molecular flexibility index (Phi) is 3.72. The predicted octanol–water partition coefficient (Wildman–Crippen LogP) is 2.65. The van der Waals surface area contributed by atoms with Gasteiger partial charge in [0.1, 0.15) is 0 Å². The van der Waals surface area contributed by atoms with Crippen molar-refractivity contribution >= 4 is 17.3 Å². The lowest BCUT2D eigenvalue weighted by atomic mass is 9.77. The summed E-state index contributed by atoms with van der Waals surface area (Å²) in [5.74, 6) is -1.01. The lowest BCUT2D eigenvalue weighted by Gasteiger charge is -2.32. The number of non-ortho nitro benzene ring substituents is 1. The summed E-state index contributed by atoms with van der Waals surface area (Å²) in [6.45, 7) is 0.572. The number of hydrogen-bond donors (Lipinski definition) is 1. The zero-order chi connectivity index (χ0) is 20.3. The van der Waals surface area contributed by atoms with Crippen molar-refractivity contribution in [3.63, 3.8) is 0 Å². The zero-order valence-electron chi connectivity index (χ0n) is 15.4. The van der Waals surface area contributed by atoms with E-state index < -0.39 is 22.4 Å². The Morgan fingerprint density at radius 3 is 2.66 bits per heavy atom. The molecule has 148 valence electrons.